The van der Waals surface area contributed by atoms with Crippen LogP contribution < -0.4 is 0 Å². The molecule has 0 radical (unpaired) electrons. The standard InChI is InChI=1S/C16H23NO3/c1-20-12-13-7-6-8-14(11-13)15(16(18)19)17-9-4-2-3-5-10-17/h6-8,11,15H,2-5,9-10,12H2,1H3,(H,18,19). The summed E-state index contributed by atoms with van der Waals surface area (Å²) in [6.07, 6.45) is 4.57. The minimum absolute atomic E-state index is 0.514. The first-order valence-corrected chi connectivity index (χ1v) is 7.27. The summed E-state index contributed by atoms with van der Waals surface area (Å²) in [5, 5.41) is 9.62. The van der Waals surface area contributed by atoms with Crippen LogP contribution in [0.1, 0.15) is 42.9 Å². The highest BCUT2D eigenvalue weighted by atomic mass is 16.5. The van der Waals surface area contributed by atoms with Gasteiger partial charge < -0.3 is 9.84 Å². The molecular formula is C16H23NO3. The zero-order valence-corrected chi connectivity index (χ0v) is 12.0. The van der Waals surface area contributed by atoms with Crippen LogP contribution in [0.25, 0.3) is 0 Å². The smallest absolute Gasteiger partial charge is 0.325 e. The molecule has 1 fully saturated rings. The lowest BCUT2D eigenvalue weighted by molar-refractivity contribution is -0.143. The van der Waals surface area contributed by atoms with Gasteiger partial charge >= 0.3 is 5.97 Å². The van der Waals surface area contributed by atoms with Gasteiger partial charge in [0.15, 0.2) is 0 Å². The number of nitrogens with zero attached hydrogens (tertiary/aromatic N) is 1. The minimum atomic E-state index is -0.763. The molecule has 0 spiro atoms. The number of likely N-dealkylation sites (tertiary alicyclic amines) is 1. The summed E-state index contributed by atoms with van der Waals surface area (Å²) < 4.78 is 5.13. The quantitative estimate of drug-likeness (QED) is 0.899. The SMILES string of the molecule is COCc1cccc(C(C(=O)O)N2CCCCCC2)c1. The molecule has 1 aromatic rings. The Morgan fingerprint density at radius 1 is 1.30 bits per heavy atom. The van der Waals surface area contributed by atoms with Gasteiger partial charge in [0.1, 0.15) is 6.04 Å². The molecule has 1 aliphatic rings. The van der Waals surface area contributed by atoms with Crippen LogP contribution in [-0.2, 0) is 16.1 Å². The fourth-order valence-electron chi connectivity index (χ4n) is 2.88. The van der Waals surface area contributed by atoms with E-state index in [0.717, 1.165) is 37.1 Å². The van der Waals surface area contributed by atoms with Crippen molar-refractivity contribution in [1.29, 1.82) is 0 Å². The van der Waals surface area contributed by atoms with Crippen LogP contribution in [0.15, 0.2) is 24.3 Å². The van der Waals surface area contributed by atoms with Gasteiger partial charge in [-0.3, -0.25) is 9.69 Å². The maximum atomic E-state index is 11.7. The van der Waals surface area contributed by atoms with Gasteiger partial charge in [-0.15, -0.1) is 0 Å². The highest BCUT2D eigenvalue weighted by Gasteiger charge is 2.27. The van der Waals surface area contributed by atoms with Crippen molar-refractivity contribution >= 4 is 5.97 Å². The van der Waals surface area contributed by atoms with E-state index in [0.29, 0.717) is 6.61 Å². The molecule has 0 amide bonds. The number of carboxylic acids is 1. The fraction of sp³-hybridized carbons (Fsp3) is 0.562. The van der Waals surface area contributed by atoms with Gasteiger partial charge in [0.25, 0.3) is 0 Å². The van der Waals surface area contributed by atoms with Crippen LogP contribution in [0.3, 0.4) is 0 Å². The molecule has 0 aromatic heterocycles. The van der Waals surface area contributed by atoms with Crippen molar-refractivity contribution in [2.24, 2.45) is 0 Å². The Balaban J connectivity index is 2.22. The Bertz CT molecular complexity index is 439. The average Bonchev–Trinajstić information content (AvgIpc) is 2.68. The van der Waals surface area contributed by atoms with Crippen LogP contribution in [0.4, 0.5) is 0 Å². The molecule has 1 heterocycles. The van der Waals surface area contributed by atoms with Gasteiger partial charge in [-0.1, -0.05) is 37.1 Å². The van der Waals surface area contributed by atoms with Crippen LogP contribution in [0, 0.1) is 0 Å². The van der Waals surface area contributed by atoms with Gasteiger partial charge in [-0.05, 0) is 37.1 Å². The Kier molecular flexibility index (Phi) is 5.56. The largest absolute Gasteiger partial charge is 0.480 e. The predicted molar refractivity (Wildman–Crippen MR) is 77.6 cm³/mol. The molecule has 1 unspecified atom stereocenters. The monoisotopic (exact) mass is 277 g/mol. The second-order valence-electron chi connectivity index (χ2n) is 5.37. The number of benzene rings is 1. The molecular weight excluding hydrogens is 254 g/mol. The molecule has 0 bridgehead atoms. The fourth-order valence-corrected chi connectivity index (χ4v) is 2.88. The van der Waals surface area contributed by atoms with Gasteiger partial charge in [-0.2, -0.15) is 0 Å². The highest BCUT2D eigenvalue weighted by Crippen LogP contribution is 2.25. The topological polar surface area (TPSA) is 49.8 Å². The summed E-state index contributed by atoms with van der Waals surface area (Å²) in [6.45, 7) is 2.25. The van der Waals surface area contributed by atoms with E-state index in [2.05, 4.69) is 4.90 Å². The summed E-state index contributed by atoms with van der Waals surface area (Å²) in [7, 11) is 1.65. The summed E-state index contributed by atoms with van der Waals surface area (Å²) in [4.78, 5) is 13.8. The normalized spacial score (nSPS) is 18.4. The van der Waals surface area contributed by atoms with E-state index in [4.69, 9.17) is 4.74 Å². The van der Waals surface area contributed by atoms with Crippen molar-refractivity contribution in [2.45, 2.75) is 38.3 Å². The van der Waals surface area contributed by atoms with Crippen molar-refractivity contribution in [3.05, 3.63) is 35.4 Å². The summed E-state index contributed by atoms with van der Waals surface area (Å²) in [5.41, 5.74) is 1.88. The maximum absolute atomic E-state index is 11.7. The molecule has 1 N–H and O–H groups in total. The minimum Gasteiger partial charge on any atom is -0.480 e. The number of carbonyl (C=O) groups is 1. The van der Waals surface area contributed by atoms with Crippen molar-refractivity contribution in [1.82, 2.24) is 4.90 Å². The third-order valence-electron chi connectivity index (χ3n) is 3.82. The molecule has 4 nitrogen and oxygen atoms in total. The lowest BCUT2D eigenvalue weighted by Gasteiger charge is -2.27. The number of ether oxygens (including phenoxy) is 1. The van der Waals surface area contributed by atoms with Crippen LogP contribution in [-0.4, -0.2) is 36.2 Å². The third-order valence-corrected chi connectivity index (χ3v) is 3.82. The molecule has 1 saturated heterocycles. The molecule has 4 heteroatoms. The number of rotatable bonds is 5. The van der Waals surface area contributed by atoms with Gasteiger partial charge in [0, 0.05) is 7.11 Å². The van der Waals surface area contributed by atoms with Crippen molar-refractivity contribution in [3.8, 4) is 0 Å². The zero-order valence-electron chi connectivity index (χ0n) is 12.0. The first-order valence-electron chi connectivity index (χ1n) is 7.27. The van der Waals surface area contributed by atoms with E-state index in [1.54, 1.807) is 7.11 Å². The van der Waals surface area contributed by atoms with Crippen LogP contribution in [0.5, 0.6) is 0 Å². The second-order valence-corrected chi connectivity index (χ2v) is 5.37. The molecule has 0 saturated carbocycles. The highest BCUT2D eigenvalue weighted by molar-refractivity contribution is 5.75. The lowest BCUT2D eigenvalue weighted by Crippen LogP contribution is -2.35. The number of aliphatic carboxylic acids is 1. The van der Waals surface area contributed by atoms with E-state index in [1.165, 1.54) is 12.8 Å². The summed E-state index contributed by atoms with van der Waals surface area (Å²) in [5.74, 6) is -0.763. The first-order chi connectivity index (χ1) is 9.72. The molecule has 110 valence electrons. The molecule has 1 aliphatic heterocycles. The van der Waals surface area contributed by atoms with Gasteiger partial charge in [0.05, 0.1) is 6.61 Å². The summed E-state index contributed by atoms with van der Waals surface area (Å²) >= 11 is 0. The Morgan fingerprint density at radius 2 is 2.00 bits per heavy atom. The molecule has 20 heavy (non-hydrogen) atoms. The van der Waals surface area contributed by atoms with Crippen LogP contribution >= 0.6 is 0 Å². The van der Waals surface area contributed by atoms with Gasteiger partial charge in [0.2, 0.25) is 0 Å². The molecule has 1 aromatic carbocycles. The van der Waals surface area contributed by atoms with E-state index in [9.17, 15) is 9.90 Å². The van der Waals surface area contributed by atoms with Crippen molar-refractivity contribution in [2.75, 3.05) is 20.2 Å². The third kappa shape index (κ3) is 3.81. The molecule has 1 atom stereocenters. The number of hydrogen-bond donors (Lipinski definition) is 1. The Labute approximate surface area is 120 Å². The predicted octanol–water partition coefficient (Wildman–Crippen LogP) is 2.83. The van der Waals surface area contributed by atoms with Crippen molar-refractivity contribution < 1.29 is 14.6 Å². The van der Waals surface area contributed by atoms with Crippen LogP contribution in [0.2, 0.25) is 0 Å². The van der Waals surface area contributed by atoms with E-state index < -0.39 is 12.0 Å². The van der Waals surface area contributed by atoms with E-state index >= 15 is 0 Å². The average molecular weight is 277 g/mol. The van der Waals surface area contributed by atoms with Gasteiger partial charge in [-0.25, -0.2) is 0 Å². The lowest BCUT2D eigenvalue weighted by atomic mass is 10.0. The molecule has 0 aliphatic carbocycles. The Hall–Kier alpha value is -1.39. The number of hydrogen-bond acceptors (Lipinski definition) is 3. The van der Waals surface area contributed by atoms with E-state index in [-0.39, 0.29) is 0 Å². The molecule has 2 rings (SSSR count). The first kappa shape index (κ1) is 15.0. The number of carboxylic acid groups (broad SMARTS) is 1. The summed E-state index contributed by atoms with van der Waals surface area (Å²) in [6, 6.07) is 7.20. The number of methoxy groups -OCH3 is 1. The second kappa shape index (κ2) is 7.41. The Morgan fingerprint density at radius 3 is 2.60 bits per heavy atom. The zero-order chi connectivity index (χ0) is 14.4. The maximum Gasteiger partial charge on any atom is 0.325 e. The van der Waals surface area contributed by atoms with Crippen molar-refractivity contribution in [3.63, 3.8) is 0 Å². The van der Waals surface area contributed by atoms with E-state index in [1.807, 2.05) is 24.3 Å².